The standard InChI is InChI=1S/C35H30N6O5S/c1-23-7-11-28(12-8-23)47(44,45)41-21-29(30-18-32(39-22-38-30)37-19-24-5-3-2-4-6-24)33-31(13-15-36-34(33)41)46-27-10-9-25-14-16-40(35(42)43)20-26(25)17-27/h2-13,15,17-18,21-22H,14,16,19-20H2,1H3,(H,42,43)(H,37,38,39). The number of fused-ring (bicyclic) bond motifs is 2. The van der Waals surface area contributed by atoms with E-state index in [0.29, 0.717) is 53.5 Å². The molecule has 0 unspecified atom stereocenters. The predicted octanol–water partition coefficient (Wildman–Crippen LogP) is 6.48. The van der Waals surface area contributed by atoms with Crippen molar-refractivity contribution in [3.63, 3.8) is 0 Å². The fraction of sp³-hybridized carbons (Fsp3) is 0.143. The van der Waals surface area contributed by atoms with Crippen LogP contribution < -0.4 is 10.1 Å². The number of nitrogens with zero attached hydrogens (tertiary/aromatic N) is 5. The highest BCUT2D eigenvalue weighted by Gasteiger charge is 2.26. The first kappa shape index (κ1) is 29.9. The van der Waals surface area contributed by atoms with Gasteiger partial charge in [0.2, 0.25) is 0 Å². The highest BCUT2D eigenvalue weighted by Crippen LogP contribution is 2.39. The average Bonchev–Trinajstić information content (AvgIpc) is 3.50. The van der Waals surface area contributed by atoms with Crippen molar-refractivity contribution in [3.8, 4) is 22.8 Å². The lowest BCUT2D eigenvalue weighted by Crippen LogP contribution is -2.34. The SMILES string of the molecule is Cc1ccc(S(=O)(=O)n2cc(-c3cc(NCc4ccccc4)ncn3)c3c(Oc4ccc5c(c4)CN(C(=O)O)CC5)ccnc32)cc1. The zero-order valence-electron chi connectivity index (χ0n) is 25.4. The van der Waals surface area contributed by atoms with Gasteiger partial charge >= 0.3 is 6.09 Å². The maximum absolute atomic E-state index is 14.0. The number of ether oxygens (including phenoxy) is 1. The summed E-state index contributed by atoms with van der Waals surface area (Å²) in [5, 5.41) is 13.3. The Balaban J connectivity index is 1.33. The van der Waals surface area contributed by atoms with Crippen LogP contribution in [-0.2, 0) is 29.5 Å². The number of hydrogen-bond donors (Lipinski definition) is 2. The van der Waals surface area contributed by atoms with E-state index in [1.807, 2.05) is 55.5 Å². The number of pyridine rings is 1. The minimum atomic E-state index is -4.06. The van der Waals surface area contributed by atoms with E-state index in [9.17, 15) is 18.3 Å². The number of amides is 1. The molecular weight excluding hydrogens is 616 g/mol. The van der Waals surface area contributed by atoms with Gasteiger partial charge < -0.3 is 20.1 Å². The summed E-state index contributed by atoms with van der Waals surface area (Å²) in [6.07, 6.45) is 4.08. The molecule has 0 bridgehead atoms. The Bertz CT molecular complexity index is 2220. The zero-order valence-corrected chi connectivity index (χ0v) is 26.2. The summed E-state index contributed by atoms with van der Waals surface area (Å²) in [7, 11) is -4.06. The van der Waals surface area contributed by atoms with Crippen molar-refractivity contribution in [2.45, 2.75) is 31.3 Å². The molecule has 6 aromatic rings. The van der Waals surface area contributed by atoms with E-state index in [4.69, 9.17) is 4.74 Å². The molecular formula is C35H30N6O5S. The number of rotatable bonds is 8. The van der Waals surface area contributed by atoms with Crippen LogP contribution in [0.4, 0.5) is 10.6 Å². The molecule has 1 amide bonds. The third kappa shape index (κ3) is 5.98. The molecule has 0 radical (unpaired) electrons. The monoisotopic (exact) mass is 646 g/mol. The second kappa shape index (κ2) is 12.2. The van der Waals surface area contributed by atoms with E-state index >= 15 is 0 Å². The fourth-order valence-corrected chi connectivity index (χ4v) is 6.98. The Morgan fingerprint density at radius 3 is 2.55 bits per heavy atom. The highest BCUT2D eigenvalue weighted by molar-refractivity contribution is 7.90. The van der Waals surface area contributed by atoms with E-state index < -0.39 is 16.1 Å². The third-order valence-electron chi connectivity index (χ3n) is 8.14. The summed E-state index contributed by atoms with van der Waals surface area (Å²) in [6, 6.07) is 25.6. The summed E-state index contributed by atoms with van der Waals surface area (Å²) in [4.78, 5) is 26.5. The van der Waals surface area contributed by atoms with Gasteiger partial charge in [-0.25, -0.2) is 32.1 Å². The molecule has 12 heteroatoms. The average molecular weight is 647 g/mol. The minimum absolute atomic E-state index is 0.116. The van der Waals surface area contributed by atoms with E-state index in [1.165, 1.54) is 23.6 Å². The molecule has 1 aliphatic rings. The van der Waals surface area contributed by atoms with Gasteiger partial charge in [-0.15, -0.1) is 0 Å². The molecule has 0 saturated heterocycles. The van der Waals surface area contributed by atoms with Gasteiger partial charge in [0.15, 0.2) is 5.65 Å². The van der Waals surface area contributed by atoms with Crippen LogP contribution >= 0.6 is 0 Å². The van der Waals surface area contributed by atoms with Crippen molar-refractivity contribution >= 4 is 33.0 Å². The zero-order chi connectivity index (χ0) is 32.5. The summed E-state index contributed by atoms with van der Waals surface area (Å²) in [6.45, 7) is 3.11. The summed E-state index contributed by atoms with van der Waals surface area (Å²) in [5.74, 6) is 1.41. The van der Waals surface area contributed by atoms with Gasteiger partial charge in [0.25, 0.3) is 10.0 Å². The van der Waals surface area contributed by atoms with E-state index in [2.05, 4.69) is 20.3 Å². The van der Waals surface area contributed by atoms with Crippen LogP contribution in [0, 0.1) is 6.92 Å². The largest absolute Gasteiger partial charge is 0.465 e. The van der Waals surface area contributed by atoms with Crippen molar-refractivity contribution in [2.75, 3.05) is 11.9 Å². The van der Waals surface area contributed by atoms with Crippen LogP contribution in [-0.4, -0.2) is 50.0 Å². The van der Waals surface area contributed by atoms with E-state index in [0.717, 1.165) is 26.2 Å². The van der Waals surface area contributed by atoms with E-state index in [-0.39, 0.29) is 17.1 Å². The van der Waals surface area contributed by atoms with Crippen LogP contribution in [0.25, 0.3) is 22.3 Å². The Kier molecular flexibility index (Phi) is 7.78. The number of carboxylic acid groups (broad SMARTS) is 1. The maximum Gasteiger partial charge on any atom is 0.407 e. The van der Waals surface area contributed by atoms with Gasteiger partial charge in [-0.1, -0.05) is 54.1 Å². The quantitative estimate of drug-likeness (QED) is 0.190. The first-order valence-corrected chi connectivity index (χ1v) is 16.4. The van der Waals surface area contributed by atoms with Crippen molar-refractivity contribution in [2.24, 2.45) is 0 Å². The molecule has 0 saturated carbocycles. The molecule has 11 nitrogen and oxygen atoms in total. The molecule has 236 valence electrons. The lowest BCUT2D eigenvalue weighted by molar-refractivity contribution is 0.140. The second-order valence-corrected chi connectivity index (χ2v) is 13.1. The van der Waals surface area contributed by atoms with Crippen molar-refractivity contribution in [1.82, 2.24) is 23.8 Å². The number of aryl methyl sites for hydroxylation is 1. The van der Waals surface area contributed by atoms with Crippen LogP contribution in [0.3, 0.4) is 0 Å². The Hall–Kier alpha value is -5.75. The van der Waals surface area contributed by atoms with Crippen LogP contribution in [0.15, 0.2) is 109 Å². The van der Waals surface area contributed by atoms with Crippen molar-refractivity contribution in [3.05, 3.63) is 126 Å². The van der Waals surface area contributed by atoms with Crippen molar-refractivity contribution in [1.29, 1.82) is 0 Å². The van der Waals surface area contributed by atoms with Crippen LogP contribution in [0.1, 0.15) is 22.3 Å². The molecule has 4 heterocycles. The van der Waals surface area contributed by atoms with Gasteiger partial charge in [0.05, 0.1) is 16.0 Å². The Morgan fingerprint density at radius 1 is 0.957 bits per heavy atom. The van der Waals surface area contributed by atoms with Crippen LogP contribution in [0.2, 0.25) is 0 Å². The second-order valence-electron chi connectivity index (χ2n) is 11.3. The molecule has 3 aromatic carbocycles. The maximum atomic E-state index is 14.0. The van der Waals surface area contributed by atoms with Gasteiger partial charge in [-0.3, -0.25) is 0 Å². The number of aromatic nitrogens is 4. The smallest absolute Gasteiger partial charge is 0.407 e. The molecule has 2 N–H and O–H groups in total. The number of carbonyl (C=O) groups is 1. The number of anilines is 1. The number of hydrogen-bond acceptors (Lipinski definition) is 8. The first-order chi connectivity index (χ1) is 22.8. The molecule has 3 aromatic heterocycles. The fourth-order valence-electron chi connectivity index (χ4n) is 5.66. The molecule has 0 aliphatic carbocycles. The van der Waals surface area contributed by atoms with Gasteiger partial charge in [0.1, 0.15) is 23.6 Å². The summed E-state index contributed by atoms with van der Waals surface area (Å²) < 4.78 is 35.6. The lowest BCUT2D eigenvalue weighted by Gasteiger charge is -2.26. The molecule has 7 rings (SSSR count). The summed E-state index contributed by atoms with van der Waals surface area (Å²) >= 11 is 0. The number of nitrogens with one attached hydrogen (secondary N) is 1. The van der Waals surface area contributed by atoms with E-state index in [1.54, 1.807) is 36.4 Å². The van der Waals surface area contributed by atoms with Crippen LogP contribution in [0.5, 0.6) is 11.5 Å². The normalized spacial score (nSPS) is 12.9. The Labute approximate surface area is 271 Å². The molecule has 0 atom stereocenters. The first-order valence-electron chi connectivity index (χ1n) is 15.0. The molecule has 1 aliphatic heterocycles. The molecule has 0 fully saturated rings. The lowest BCUT2D eigenvalue weighted by atomic mass is 10.00. The van der Waals surface area contributed by atoms with Gasteiger partial charge in [0, 0.05) is 43.7 Å². The summed E-state index contributed by atoms with van der Waals surface area (Å²) in [5.41, 5.74) is 5.05. The predicted molar refractivity (Wildman–Crippen MR) is 177 cm³/mol. The van der Waals surface area contributed by atoms with Gasteiger partial charge in [-0.05, 0) is 60.4 Å². The molecule has 47 heavy (non-hydrogen) atoms. The van der Waals surface area contributed by atoms with Gasteiger partial charge in [-0.2, -0.15) is 0 Å². The molecule has 0 spiro atoms. The number of benzene rings is 3. The third-order valence-corrected chi connectivity index (χ3v) is 9.81. The minimum Gasteiger partial charge on any atom is -0.465 e. The topological polar surface area (TPSA) is 140 Å². The Morgan fingerprint density at radius 2 is 1.77 bits per heavy atom. The highest BCUT2D eigenvalue weighted by atomic mass is 32.2. The van der Waals surface area contributed by atoms with Crippen molar-refractivity contribution < 1.29 is 23.1 Å².